The van der Waals surface area contributed by atoms with Crippen LogP contribution in [0.5, 0.6) is 0 Å². The van der Waals surface area contributed by atoms with Crippen molar-refractivity contribution in [2.45, 2.75) is 0 Å². The van der Waals surface area contributed by atoms with Crippen LogP contribution in [0, 0.1) is 0 Å². The Bertz CT molecular complexity index is 908. The van der Waals surface area contributed by atoms with Gasteiger partial charge in [-0.1, -0.05) is 40.2 Å². The summed E-state index contributed by atoms with van der Waals surface area (Å²) in [5.41, 5.74) is 2.61. The molecule has 3 nitrogen and oxygen atoms in total. The molecule has 20 heavy (non-hydrogen) atoms. The lowest BCUT2D eigenvalue weighted by atomic mass is 9.87. The number of carbonyl (C=O) groups is 2. The number of aromatic amines is 1. The first-order valence-electron chi connectivity index (χ1n) is 6.16. The first-order chi connectivity index (χ1) is 9.66. The summed E-state index contributed by atoms with van der Waals surface area (Å²) in [6.07, 6.45) is 0. The summed E-state index contributed by atoms with van der Waals surface area (Å²) in [6.45, 7) is 0. The van der Waals surface area contributed by atoms with Crippen LogP contribution in [0.4, 0.5) is 0 Å². The number of aromatic nitrogens is 1. The molecule has 1 N–H and O–H groups in total. The van der Waals surface area contributed by atoms with Crippen LogP contribution in [0.3, 0.4) is 0 Å². The average molecular weight is 326 g/mol. The van der Waals surface area contributed by atoms with Gasteiger partial charge in [0, 0.05) is 26.5 Å². The number of hydrogen-bond donors (Lipinski definition) is 1. The van der Waals surface area contributed by atoms with Gasteiger partial charge in [0.15, 0.2) is 5.78 Å². The molecule has 1 aliphatic carbocycles. The van der Waals surface area contributed by atoms with Crippen LogP contribution in [0.15, 0.2) is 46.9 Å². The molecule has 1 heterocycles. The van der Waals surface area contributed by atoms with Crippen LogP contribution in [0.25, 0.3) is 10.9 Å². The highest BCUT2D eigenvalue weighted by molar-refractivity contribution is 9.10. The van der Waals surface area contributed by atoms with Crippen molar-refractivity contribution in [3.63, 3.8) is 0 Å². The van der Waals surface area contributed by atoms with Crippen molar-refractivity contribution < 1.29 is 9.59 Å². The Morgan fingerprint density at radius 1 is 0.900 bits per heavy atom. The van der Waals surface area contributed by atoms with E-state index in [9.17, 15) is 9.59 Å². The Balaban J connectivity index is 2.12. The number of halogens is 1. The van der Waals surface area contributed by atoms with Crippen molar-refractivity contribution in [3.8, 4) is 0 Å². The molecule has 4 rings (SSSR count). The van der Waals surface area contributed by atoms with E-state index in [2.05, 4.69) is 20.9 Å². The highest BCUT2D eigenvalue weighted by Gasteiger charge is 2.32. The summed E-state index contributed by atoms with van der Waals surface area (Å²) >= 11 is 3.40. The molecule has 0 aliphatic heterocycles. The van der Waals surface area contributed by atoms with Crippen molar-refractivity contribution in [1.29, 1.82) is 0 Å². The fourth-order valence-corrected chi connectivity index (χ4v) is 3.08. The molecule has 0 amide bonds. The summed E-state index contributed by atoms with van der Waals surface area (Å²) < 4.78 is 0.880. The summed E-state index contributed by atoms with van der Waals surface area (Å²) in [5.74, 6) is -0.220. The predicted molar refractivity (Wildman–Crippen MR) is 79.3 cm³/mol. The molecule has 0 saturated heterocycles. The van der Waals surface area contributed by atoms with E-state index in [0.717, 1.165) is 15.4 Å². The molecule has 96 valence electrons. The van der Waals surface area contributed by atoms with Gasteiger partial charge in [-0.05, 0) is 18.2 Å². The number of hydrogen-bond acceptors (Lipinski definition) is 2. The molecule has 4 heteroatoms. The molecule has 0 fully saturated rings. The van der Waals surface area contributed by atoms with Gasteiger partial charge in [0.1, 0.15) is 0 Å². The third-order valence-electron chi connectivity index (χ3n) is 3.63. The summed E-state index contributed by atoms with van der Waals surface area (Å²) in [4.78, 5) is 28.2. The highest BCUT2D eigenvalue weighted by Crippen LogP contribution is 2.33. The van der Waals surface area contributed by atoms with E-state index in [4.69, 9.17) is 0 Å². The van der Waals surface area contributed by atoms with Crippen molar-refractivity contribution in [1.82, 2.24) is 4.98 Å². The molecule has 0 bridgehead atoms. The first kappa shape index (κ1) is 11.6. The second kappa shape index (κ2) is 3.90. The van der Waals surface area contributed by atoms with Crippen LogP contribution < -0.4 is 0 Å². The molecular weight excluding hydrogens is 318 g/mol. The maximum absolute atomic E-state index is 12.7. The molecule has 1 aromatic heterocycles. The zero-order valence-corrected chi connectivity index (χ0v) is 11.8. The standard InChI is InChI=1S/C16H8BrNO2/c17-8-5-6-12-11(7-8)13-14(18-12)16(20)10-4-2-1-3-9(10)15(13)19/h1-7,18H. The Morgan fingerprint density at radius 2 is 1.60 bits per heavy atom. The second-order valence-corrected chi connectivity index (χ2v) is 5.68. The molecule has 0 atom stereocenters. The number of fused-ring (bicyclic) bond motifs is 4. The van der Waals surface area contributed by atoms with Crippen molar-refractivity contribution in [3.05, 3.63) is 69.3 Å². The van der Waals surface area contributed by atoms with E-state index in [0.29, 0.717) is 22.4 Å². The van der Waals surface area contributed by atoms with Gasteiger partial charge in [-0.3, -0.25) is 9.59 Å². The minimum atomic E-state index is -0.123. The lowest BCUT2D eigenvalue weighted by Crippen LogP contribution is -2.19. The molecule has 2 aromatic carbocycles. The molecule has 1 aliphatic rings. The molecule has 0 spiro atoms. The van der Waals surface area contributed by atoms with Crippen molar-refractivity contribution >= 4 is 38.4 Å². The highest BCUT2D eigenvalue weighted by atomic mass is 79.9. The van der Waals surface area contributed by atoms with Crippen LogP contribution in [0.1, 0.15) is 32.0 Å². The van der Waals surface area contributed by atoms with Crippen molar-refractivity contribution in [2.75, 3.05) is 0 Å². The monoisotopic (exact) mass is 325 g/mol. The lowest BCUT2D eigenvalue weighted by Gasteiger charge is -2.13. The van der Waals surface area contributed by atoms with Gasteiger partial charge in [0.25, 0.3) is 0 Å². The first-order valence-corrected chi connectivity index (χ1v) is 6.96. The molecule has 0 radical (unpaired) electrons. The van der Waals surface area contributed by atoms with Gasteiger partial charge in [0.2, 0.25) is 5.78 Å². The summed E-state index contributed by atoms with van der Waals surface area (Å²) in [5, 5.41) is 0.780. The number of rotatable bonds is 0. The Hall–Kier alpha value is -2.20. The largest absolute Gasteiger partial charge is 0.351 e. The maximum atomic E-state index is 12.7. The molecule has 3 aromatic rings. The summed E-state index contributed by atoms with van der Waals surface area (Å²) in [6, 6.07) is 12.6. The van der Waals surface area contributed by atoms with E-state index in [1.165, 1.54) is 0 Å². The topological polar surface area (TPSA) is 49.9 Å². The third kappa shape index (κ3) is 1.40. The zero-order valence-electron chi connectivity index (χ0n) is 10.2. The minimum absolute atomic E-state index is 0.0976. The van der Waals surface area contributed by atoms with Gasteiger partial charge >= 0.3 is 0 Å². The van der Waals surface area contributed by atoms with Crippen LogP contribution in [-0.2, 0) is 0 Å². The van der Waals surface area contributed by atoms with Gasteiger partial charge in [-0.2, -0.15) is 0 Å². The minimum Gasteiger partial charge on any atom is -0.351 e. The smallest absolute Gasteiger partial charge is 0.210 e. The van der Waals surface area contributed by atoms with E-state index in [1.807, 2.05) is 18.2 Å². The molecule has 0 unspecified atom stereocenters. The number of carbonyl (C=O) groups excluding carboxylic acids is 2. The van der Waals surface area contributed by atoms with E-state index >= 15 is 0 Å². The third-order valence-corrected chi connectivity index (χ3v) is 4.12. The van der Waals surface area contributed by atoms with Crippen LogP contribution in [-0.4, -0.2) is 16.6 Å². The predicted octanol–water partition coefficient (Wildman–Crippen LogP) is 3.71. The zero-order chi connectivity index (χ0) is 13.9. The number of H-pyrrole nitrogens is 1. The normalized spacial score (nSPS) is 13.4. The number of ketones is 2. The van der Waals surface area contributed by atoms with Crippen LogP contribution >= 0.6 is 15.9 Å². The van der Waals surface area contributed by atoms with Crippen molar-refractivity contribution in [2.24, 2.45) is 0 Å². The fraction of sp³-hybridized carbons (Fsp3) is 0. The quantitative estimate of drug-likeness (QED) is 0.536. The molecule has 0 saturated carbocycles. The number of benzene rings is 2. The van der Waals surface area contributed by atoms with Gasteiger partial charge in [-0.25, -0.2) is 0 Å². The fourth-order valence-electron chi connectivity index (χ4n) is 2.72. The Labute approximate surface area is 122 Å². The van der Waals surface area contributed by atoms with Gasteiger partial charge < -0.3 is 4.98 Å². The summed E-state index contributed by atoms with van der Waals surface area (Å²) in [7, 11) is 0. The van der Waals surface area contributed by atoms with Gasteiger partial charge in [0.05, 0.1) is 11.3 Å². The maximum Gasteiger partial charge on any atom is 0.210 e. The Kier molecular flexibility index (Phi) is 2.26. The van der Waals surface area contributed by atoms with E-state index in [-0.39, 0.29) is 11.6 Å². The molecular formula is C16H8BrNO2. The van der Waals surface area contributed by atoms with Gasteiger partial charge in [-0.15, -0.1) is 0 Å². The SMILES string of the molecule is O=C1c2ccccc2C(=O)c2c1[nH]c1ccc(Br)cc21. The lowest BCUT2D eigenvalue weighted by molar-refractivity contribution is 0.0978. The van der Waals surface area contributed by atoms with E-state index in [1.54, 1.807) is 24.3 Å². The second-order valence-electron chi connectivity index (χ2n) is 4.77. The van der Waals surface area contributed by atoms with E-state index < -0.39 is 0 Å². The average Bonchev–Trinajstić information content (AvgIpc) is 2.84. The Morgan fingerprint density at radius 3 is 2.35 bits per heavy atom. The number of nitrogens with one attached hydrogen (secondary N) is 1. The van der Waals surface area contributed by atoms with Crippen LogP contribution in [0.2, 0.25) is 0 Å².